The lowest BCUT2D eigenvalue weighted by atomic mass is 10.2. The molecule has 0 atom stereocenters. The van der Waals surface area contributed by atoms with E-state index in [0.29, 0.717) is 28.4 Å². The van der Waals surface area contributed by atoms with Crippen molar-refractivity contribution in [2.75, 3.05) is 7.11 Å². The Kier molecular flexibility index (Phi) is 5.99. The van der Waals surface area contributed by atoms with Gasteiger partial charge in [-0.2, -0.15) is 0 Å². The lowest BCUT2D eigenvalue weighted by molar-refractivity contribution is -0.384. The van der Waals surface area contributed by atoms with E-state index in [0.717, 1.165) is 16.9 Å². The van der Waals surface area contributed by atoms with Crippen molar-refractivity contribution in [1.29, 1.82) is 0 Å². The van der Waals surface area contributed by atoms with Gasteiger partial charge in [0.15, 0.2) is 5.16 Å². The van der Waals surface area contributed by atoms with Crippen LogP contribution in [0.4, 0.5) is 5.69 Å². The third-order valence-electron chi connectivity index (χ3n) is 4.84. The highest BCUT2D eigenvalue weighted by Gasteiger charge is 2.13. The average Bonchev–Trinajstić information content (AvgIpc) is 2.80. The molecule has 31 heavy (non-hydrogen) atoms. The molecule has 0 N–H and O–H groups in total. The van der Waals surface area contributed by atoms with Gasteiger partial charge in [0, 0.05) is 17.9 Å². The highest BCUT2D eigenvalue weighted by atomic mass is 32.2. The predicted octanol–water partition coefficient (Wildman–Crippen LogP) is 4.65. The van der Waals surface area contributed by atoms with Crippen LogP contribution in [-0.2, 0) is 12.3 Å². The van der Waals surface area contributed by atoms with Gasteiger partial charge in [-0.3, -0.25) is 19.5 Å². The minimum absolute atomic E-state index is 0.0500. The maximum Gasteiger partial charge on any atom is 0.269 e. The first-order valence-corrected chi connectivity index (χ1v) is 10.5. The van der Waals surface area contributed by atoms with E-state index in [2.05, 4.69) is 0 Å². The third kappa shape index (κ3) is 4.59. The van der Waals surface area contributed by atoms with E-state index in [4.69, 9.17) is 9.72 Å². The van der Waals surface area contributed by atoms with Crippen LogP contribution in [0.15, 0.2) is 82.7 Å². The zero-order valence-electron chi connectivity index (χ0n) is 16.7. The molecule has 0 aliphatic heterocycles. The van der Waals surface area contributed by atoms with E-state index >= 15 is 0 Å². The molecule has 1 heterocycles. The first-order chi connectivity index (χ1) is 15.0. The van der Waals surface area contributed by atoms with Crippen LogP contribution in [0.5, 0.6) is 5.75 Å². The summed E-state index contributed by atoms with van der Waals surface area (Å²) in [4.78, 5) is 28.4. The van der Waals surface area contributed by atoms with Gasteiger partial charge in [0.1, 0.15) is 5.75 Å². The highest BCUT2D eigenvalue weighted by molar-refractivity contribution is 7.98. The number of rotatable bonds is 7. The SMILES string of the molecule is COc1ccc(Cn2c(SCc3ccc([N+](=O)[O-])cc3)nc3ccccc3c2=O)cc1. The number of thioether (sulfide) groups is 1. The second kappa shape index (κ2) is 9.01. The Hall–Kier alpha value is -3.65. The van der Waals surface area contributed by atoms with Crippen molar-refractivity contribution in [1.82, 2.24) is 9.55 Å². The molecule has 0 unspecified atom stereocenters. The minimum atomic E-state index is -0.422. The van der Waals surface area contributed by atoms with Crippen LogP contribution in [0.2, 0.25) is 0 Å². The molecule has 8 heteroatoms. The monoisotopic (exact) mass is 433 g/mol. The van der Waals surface area contributed by atoms with Crippen LogP contribution in [0, 0.1) is 10.1 Å². The lowest BCUT2D eigenvalue weighted by Gasteiger charge is -2.13. The van der Waals surface area contributed by atoms with Crippen molar-refractivity contribution in [2.24, 2.45) is 0 Å². The molecule has 0 aliphatic rings. The number of nitrogens with zero attached hydrogens (tertiary/aromatic N) is 3. The minimum Gasteiger partial charge on any atom is -0.497 e. The molecule has 3 aromatic carbocycles. The predicted molar refractivity (Wildman–Crippen MR) is 121 cm³/mol. The highest BCUT2D eigenvalue weighted by Crippen LogP contribution is 2.24. The van der Waals surface area contributed by atoms with Crippen molar-refractivity contribution in [2.45, 2.75) is 17.5 Å². The standard InChI is InChI=1S/C23H19N3O4S/c1-30-19-12-8-16(9-13-19)14-25-22(27)20-4-2-3-5-21(20)24-23(25)31-15-17-6-10-18(11-7-17)26(28)29/h2-13H,14-15H2,1H3. The zero-order chi connectivity index (χ0) is 21.8. The Morgan fingerprint density at radius 2 is 1.68 bits per heavy atom. The average molecular weight is 433 g/mol. The quantitative estimate of drug-likeness (QED) is 0.182. The second-order valence-electron chi connectivity index (χ2n) is 6.86. The number of aromatic nitrogens is 2. The maximum absolute atomic E-state index is 13.2. The number of hydrogen-bond acceptors (Lipinski definition) is 6. The summed E-state index contributed by atoms with van der Waals surface area (Å²) in [6.45, 7) is 0.378. The van der Waals surface area contributed by atoms with Crippen LogP contribution < -0.4 is 10.3 Å². The van der Waals surface area contributed by atoms with Crippen molar-refractivity contribution >= 4 is 28.4 Å². The molecule has 4 rings (SSSR count). The van der Waals surface area contributed by atoms with Crippen LogP contribution in [0.3, 0.4) is 0 Å². The number of hydrogen-bond donors (Lipinski definition) is 0. The molecule has 0 bridgehead atoms. The van der Waals surface area contributed by atoms with Gasteiger partial charge >= 0.3 is 0 Å². The molecule has 156 valence electrons. The third-order valence-corrected chi connectivity index (χ3v) is 5.89. The van der Waals surface area contributed by atoms with Gasteiger partial charge in [-0.15, -0.1) is 0 Å². The first kappa shape index (κ1) is 20.6. The lowest BCUT2D eigenvalue weighted by Crippen LogP contribution is -2.24. The van der Waals surface area contributed by atoms with E-state index in [1.165, 1.54) is 23.9 Å². The van der Waals surface area contributed by atoms with E-state index in [1.807, 2.05) is 42.5 Å². The molecule has 0 fully saturated rings. The van der Waals surface area contributed by atoms with Gasteiger partial charge in [-0.1, -0.05) is 48.2 Å². The Labute approximate surface area is 182 Å². The van der Waals surface area contributed by atoms with Crippen LogP contribution in [-0.4, -0.2) is 21.6 Å². The Morgan fingerprint density at radius 3 is 2.35 bits per heavy atom. The topological polar surface area (TPSA) is 87.3 Å². The van der Waals surface area contributed by atoms with Gasteiger partial charge in [0.05, 0.1) is 29.5 Å². The molecule has 1 aromatic heterocycles. The smallest absolute Gasteiger partial charge is 0.269 e. The number of non-ortho nitro benzene ring substituents is 1. The number of nitro groups is 1. The molecule has 0 saturated heterocycles. The van der Waals surface area contributed by atoms with Gasteiger partial charge in [-0.25, -0.2) is 4.98 Å². The summed E-state index contributed by atoms with van der Waals surface area (Å²) in [5.41, 5.74) is 2.46. The number of nitro benzene ring substituents is 1. The Morgan fingerprint density at radius 1 is 1.00 bits per heavy atom. The summed E-state index contributed by atoms with van der Waals surface area (Å²) in [7, 11) is 1.61. The van der Waals surface area contributed by atoms with E-state index in [1.54, 1.807) is 29.9 Å². The van der Waals surface area contributed by atoms with Crippen LogP contribution >= 0.6 is 11.8 Å². The van der Waals surface area contributed by atoms with Crippen molar-refractivity contribution in [3.8, 4) is 5.75 Å². The van der Waals surface area contributed by atoms with Crippen LogP contribution in [0.1, 0.15) is 11.1 Å². The normalized spacial score (nSPS) is 10.9. The molecular weight excluding hydrogens is 414 g/mol. The number of fused-ring (bicyclic) bond motifs is 1. The second-order valence-corrected chi connectivity index (χ2v) is 7.81. The fourth-order valence-corrected chi connectivity index (χ4v) is 4.13. The molecule has 0 amide bonds. The summed E-state index contributed by atoms with van der Waals surface area (Å²) < 4.78 is 6.87. The summed E-state index contributed by atoms with van der Waals surface area (Å²) >= 11 is 1.43. The van der Waals surface area contributed by atoms with Crippen molar-refractivity contribution in [3.63, 3.8) is 0 Å². The number of benzene rings is 3. The van der Waals surface area contributed by atoms with Crippen LogP contribution in [0.25, 0.3) is 10.9 Å². The molecule has 0 spiro atoms. The fourth-order valence-electron chi connectivity index (χ4n) is 3.17. The zero-order valence-corrected chi connectivity index (χ0v) is 17.5. The van der Waals surface area contributed by atoms with Gasteiger partial charge in [-0.05, 0) is 35.4 Å². The van der Waals surface area contributed by atoms with Crippen molar-refractivity contribution in [3.05, 3.63) is 104 Å². The molecule has 4 aromatic rings. The first-order valence-electron chi connectivity index (χ1n) is 9.54. The Balaban J connectivity index is 1.67. The number of methoxy groups -OCH3 is 1. The van der Waals surface area contributed by atoms with Gasteiger partial charge in [0.2, 0.25) is 0 Å². The molecule has 7 nitrogen and oxygen atoms in total. The largest absolute Gasteiger partial charge is 0.497 e. The summed E-state index contributed by atoms with van der Waals surface area (Å²) in [5, 5.41) is 12.0. The van der Waals surface area contributed by atoms with E-state index in [9.17, 15) is 14.9 Å². The molecule has 0 radical (unpaired) electrons. The summed E-state index contributed by atoms with van der Waals surface area (Å²) in [5.74, 6) is 1.28. The summed E-state index contributed by atoms with van der Waals surface area (Å²) in [6, 6.07) is 21.2. The molecule has 0 saturated carbocycles. The van der Waals surface area contributed by atoms with Gasteiger partial charge in [0.25, 0.3) is 11.2 Å². The van der Waals surface area contributed by atoms with Crippen molar-refractivity contribution < 1.29 is 9.66 Å². The number of ether oxygens (including phenoxy) is 1. The molecule has 0 aliphatic carbocycles. The maximum atomic E-state index is 13.2. The Bertz CT molecular complexity index is 1290. The molecular formula is C23H19N3O4S. The summed E-state index contributed by atoms with van der Waals surface area (Å²) in [6.07, 6.45) is 0. The fraction of sp³-hybridized carbons (Fsp3) is 0.130. The van der Waals surface area contributed by atoms with E-state index < -0.39 is 4.92 Å². The van der Waals surface area contributed by atoms with E-state index in [-0.39, 0.29) is 11.2 Å². The van der Waals surface area contributed by atoms with Gasteiger partial charge < -0.3 is 4.74 Å². The number of para-hydroxylation sites is 1.